The number of nitrogens with one attached hydrogen (secondary N) is 2. The van der Waals surface area contributed by atoms with Gasteiger partial charge in [-0.05, 0) is 180 Å². The van der Waals surface area contributed by atoms with Crippen molar-refractivity contribution in [1.82, 2.24) is 15.2 Å². The van der Waals surface area contributed by atoms with Crippen molar-refractivity contribution in [3.63, 3.8) is 0 Å². The van der Waals surface area contributed by atoms with Gasteiger partial charge in [0.25, 0.3) is 5.91 Å². The van der Waals surface area contributed by atoms with Gasteiger partial charge in [-0.1, -0.05) is 45.7 Å². The van der Waals surface area contributed by atoms with Crippen LogP contribution in [0.25, 0.3) is 22.4 Å². The lowest BCUT2D eigenvalue weighted by atomic mass is 9.75. The number of benzene rings is 2. The molecule has 0 radical (unpaired) electrons. The number of rotatable bonds is 17. The Morgan fingerprint density at radius 3 is 2.53 bits per heavy atom. The molecule has 2 fully saturated rings. The molecule has 1 aromatic heterocycles. The van der Waals surface area contributed by atoms with Crippen molar-refractivity contribution in [2.45, 2.75) is 149 Å². The summed E-state index contributed by atoms with van der Waals surface area (Å²) in [5.41, 5.74) is 11.6. The van der Waals surface area contributed by atoms with Crippen LogP contribution in [0.1, 0.15) is 145 Å². The van der Waals surface area contributed by atoms with Crippen molar-refractivity contribution in [2.75, 3.05) is 26.1 Å². The van der Waals surface area contributed by atoms with Crippen LogP contribution in [0.5, 0.6) is 5.88 Å². The van der Waals surface area contributed by atoms with Gasteiger partial charge in [-0.15, -0.1) is 0 Å². The van der Waals surface area contributed by atoms with Gasteiger partial charge >= 0.3 is 0 Å². The number of likely N-dealkylation sites (N-methyl/N-ethyl adjacent to an activating group) is 1. The Hall–Kier alpha value is -4.76. The summed E-state index contributed by atoms with van der Waals surface area (Å²) in [6, 6.07) is 11.3. The molecule has 9 heteroatoms. The number of pyridine rings is 1. The first-order valence-corrected chi connectivity index (χ1v) is 23.5. The van der Waals surface area contributed by atoms with Crippen molar-refractivity contribution in [3.8, 4) is 28.3 Å². The summed E-state index contributed by atoms with van der Waals surface area (Å²) in [6.45, 7) is 10.7. The molecular formula is C53H69FN4O4. The standard InChI is InChI=1S/C53H69FN4O4/c1-8-35(26-28-53(10-3)29-27-37(50(60)57-53)15-11-12-30-59)31-38-20-21-39-32-46(56-52(62-7)48(38)39)41-24-25-44(54)47(34(41)5)42-18-14-19-45(33(42)4)55-51(61)43-23-22-40(9-2)58(6)49(43)36-16-13-17-36/h14,18-19,22-25,32,35,37-38,59H,8-13,15-17,20-21,26-31H2,1-7H3,(H,55,61)(H,57,60)/t35?,37?,38?,53-/m1/s1. The minimum atomic E-state index is -0.321. The number of aryl methyl sites for hydroxylation is 1. The summed E-state index contributed by atoms with van der Waals surface area (Å²) in [6.07, 6.45) is 19.5. The third-order valence-electron chi connectivity index (χ3n) is 15.0. The number of hydrogen-bond donors (Lipinski definition) is 3. The van der Waals surface area contributed by atoms with Gasteiger partial charge in [0.2, 0.25) is 11.8 Å². The van der Waals surface area contributed by atoms with E-state index in [1.165, 1.54) is 28.5 Å². The zero-order valence-corrected chi connectivity index (χ0v) is 38.3. The summed E-state index contributed by atoms with van der Waals surface area (Å²) in [4.78, 5) is 34.4. The SMILES string of the molecule is CCC1=CC=C(C(=O)Nc2cccc(-c3c(F)ccc(-c4cc5c(c(OC)n4)C(CC(CC)CC[C@]4(CC)CCC(CCCCO)C(=O)N4)CC5)c3C)c2C)C(=C2CCC2)N1C. The minimum absolute atomic E-state index is 0.0606. The Balaban J connectivity index is 1.09. The van der Waals surface area contributed by atoms with Crippen LogP contribution in [0.15, 0.2) is 71.1 Å². The number of fused-ring (bicyclic) bond motifs is 1. The second-order valence-electron chi connectivity index (χ2n) is 18.4. The molecule has 3 unspecified atom stereocenters. The number of halogens is 1. The summed E-state index contributed by atoms with van der Waals surface area (Å²) in [5.74, 6) is 1.26. The number of nitrogens with zero attached hydrogens (tertiary/aromatic N) is 2. The average molecular weight is 845 g/mol. The second-order valence-corrected chi connectivity index (χ2v) is 18.4. The molecule has 3 aromatic rings. The first-order chi connectivity index (χ1) is 30.0. The van der Waals surface area contributed by atoms with Gasteiger partial charge in [0, 0.05) is 53.2 Å². The number of hydrogen-bond acceptors (Lipinski definition) is 6. The maximum Gasteiger partial charge on any atom is 0.257 e. The van der Waals surface area contributed by atoms with Gasteiger partial charge in [-0.3, -0.25) is 9.59 Å². The summed E-state index contributed by atoms with van der Waals surface area (Å²) in [5, 5.41) is 15.9. The third kappa shape index (κ3) is 9.15. The molecule has 2 amide bonds. The van der Waals surface area contributed by atoms with Crippen LogP contribution in [0.3, 0.4) is 0 Å². The fourth-order valence-electron chi connectivity index (χ4n) is 10.8. The van der Waals surface area contributed by atoms with Gasteiger partial charge in [0.15, 0.2) is 0 Å². The van der Waals surface area contributed by atoms with Gasteiger partial charge in [0.05, 0.1) is 24.1 Å². The number of aliphatic hydroxyl groups is 1. The van der Waals surface area contributed by atoms with Gasteiger partial charge < -0.3 is 25.4 Å². The van der Waals surface area contributed by atoms with Crippen molar-refractivity contribution in [3.05, 3.63) is 99.2 Å². The zero-order valence-electron chi connectivity index (χ0n) is 38.3. The number of carbonyl (C=O) groups excluding carboxylic acids is 2. The van der Waals surface area contributed by atoms with Gasteiger partial charge in [-0.2, -0.15) is 0 Å². The molecule has 7 rings (SSSR count). The molecule has 0 spiro atoms. The monoisotopic (exact) mass is 845 g/mol. The Morgan fingerprint density at radius 1 is 1.05 bits per heavy atom. The molecular weight excluding hydrogens is 776 g/mol. The van der Waals surface area contributed by atoms with E-state index in [4.69, 9.17) is 9.72 Å². The first kappa shape index (κ1) is 45.3. The van der Waals surface area contributed by atoms with E-state index in [-0.39, 0.29) is 35.7 Å². The molecule has 8 nitrogen and oxygen atoms in total. The van der Waals surface area contributed by atoms with E-state index in [2.05, 4.69) is 49.4 Å². The molecule has 2 aromatic carbocycles. The van der Waals surface area contributed by atoms with Gasteiger partial charge in [0.1, 0.15) is 5.82 Å². The molecule has 2 aliphatic heterocycles. The highest BCUT2D eigenvalue weighted by Crippen LogP contribution is 2.47. The normalized spacial score (nSPS) is 21.5. The highest BCUT2D eigenvalue weighted by atomic mass is 19.1. The lowest BCUT2D eigenvalue weighted by molar-refractivity contribution is -0.130. The van der Waals surface area contributed by atoms with E-state index in [0.29, 0.717) is 34.5 Å². The maximum absolute atomic E-state index is 16.1. The third-order valence-corrected chi connectivity index (χ3v) is 15.0. The smallest absolute Gasteiger partial charge is 0.257 e. The molecule has 4 aliphatic rings. The molecule has 1 saturated carbocycles. The predicted octanol–water partition coefficient (Wildman–Crippen LogP) is 11.8. The number of methoxy groups -OCH3 is 1. The van der Waals surface area contributed by atoms with E-state index in [1.54, 1.807) is 7.11 Å². The predicted molar refractivity (Wildman–Crippen MR) is 248 cm³/mol. The van der Waals surface area contributed by atoms with E-state index < -0.39 is 0 Å². The number of aromatic nitrogens is 1. The van der Waals surface area contributed by atoms with Crippen LogP contribution in [-0.4, -0.2) is 53.1 Å². The highest BCUT2D eigenvalue weighted by Gasteiger charge is 2.39. The second kappa shape index (κ2) is 19.7. The van der Waals surface area contributed by atoms with Crippen LogP contribution in [0.4, 0.5) is 10.1 Å². The number of ether oxygens (including phenoxy) is 1. The minimum Gasteiger partial charge on any atom is -0.481 e. The molecule has 3 heterocycles. The van der Waals surface area contributed by atoms with E-state index in [0.717, 1.165) is 136 Å². The number of anilines is 1. The fraction of sp³-hybridized carbons (Fsp3) is 0.528. The lowest BCUT2D eigenvalue weighted by Crippen LogP contribution is -2.54. The van der Waals surface area contributed by atoms with Crippen molar-refractivity contribution >= 4 is 17.5 Å². The number of unbranched alkanes of at least 4 members (excludes halogenated alkanes) is 1. The van der Waals surface area contributed by atoms with Crippen LogP contribution < -0.4 is 15.4 Å². The van der Waals surface area contributed by atoms with E-state index in [9.17, 15) is 14.7 Å². The van der Waals surface area contributed by atoms with Crippen molar-refractivity contribution < 1.29 is 23.8 Å². The maximum atomic E-state index is 16.1. The van der Waals surface area contributed by atoms with Crippen LogP contribution in [0.2, 0.25) is 0 Å². The number of allylic oxidation sites excluding steroid dienone is 4. The highest BCUT2D eigenvalue weighted by molar-refractivity contribution is 6.08. The molecule has 2 aliphatic carbocycles. The van der Waals surface area contributed by atoms with E-state index in [1.807, 2.05) is 50.3 Å². The van der Waals surface area contributed by atoms with Crippen LogP contribution in [-0.2, 0) is 16.0 Å². The van der Waals surface area contributed by atoms with Crippen LogP contribution >= 0.6 is 0 Å². The van der Waals surface area contributed by atoms with E-state index >= 15 is 4.39 Å². The van der Waals surface area contributed by atoms with Crippen LogP contribution in [0, 0.1) is 31.5 Å². The molecule has 0 bridgehead atoms. The number of amides is 2. The van der Waals surface area contributed by atoms with Gasteiger partial charge in [-0.25, -0.2) is 9.37 Å². The molecule has 4 atom stereocenters. The number of piperidine rings is 1. The Bertz CT molecular complexity index is 2250. The summed E-state index contributed by atoms with van der Waals surface area (Å²) >= 11 is 0. The molecule has 1 saturated heterocycles. The Labute approximate surface area is 369 Å². The molecule has 3 N–H and O–H groups in total. The average Bonchev–Trinajstić information content (AvgIpc) is 3.66. The zero-order chi connectivity index (χ0) is 44.1. The molecule has 62 heavy (non-hydrogen) atoms. The topological polar surface area (TPSA) is 104 Å². The quantitative estimate of drug-likeness (QED) is 0.117. The largest absolute Gasteiger partial charge is 0.481 e. The number of aliphatic hydroxyl groups excluding tert-OH is 1. The lowest BCUT2D eigenvalue weighted by Gasteiger charge is -2.41. The first-order valence-electron chi connectivity index (χ1n) is 23.5. The fourth-order valence-corrected chi connectivity index (χ4v) is 10.8. The van der Waals surface area contributed by atoms with Crippen molar-refractivity contribution in [1.29, 1.82) is 0 Å². The van der Waals surface area contributed by atoms with Crippen molar-refractivity contribution in [2.24, 2.45) is 11.8 Å². The number of carbonyl (C=O) groups is 2. The Morgan fingerprint density at radius 2 is 1.85 bits per heavy atom. The molecule has 332 valence electrons. The summed E-state index contributed by atoms with van der Waals surface area (Å²) < 4.78 is 22.2. The Kier molecular flexibility index (Phi) is 14.4. The summed E-state index contributed by atoms with van der Waals surface area (Å²) in [7, 11) is 3.75.